The van der Waals surface area contributed by atoms with Crippen molar-refractivity contribution in [1.82, 2.24) is 0 Å². The molecule has 0 aromatic rings. The molecule has 0 radical (unpaired) electrons. The lowest BCUT2D eigenvalue weighted by molar-refractivity contribution is -0.0750. The van der Waals surface area contributed by atoms with Crippen LogP contribution >= 0.6 is 0 Å². The quantitative estimate of drug-likeness (QED) is 0.546. The summed E-state index contributed by atoms with van der Waals surface area (Å²) >= 11 is 0. The third-order valence-corrected chi connectivity index (χ3v) is 9.52. The van der Waals surface area contributed by atoms with E-state index in [9.17, 15) is 0 Å². The van der Waals surface area contributed by atoms with Crippen molar-refractivity contribution in [2.75, 3.05) is 6.61 Å². The van der Waals surface area contributed by atoms with Crippen LogP contribution < -0.4 is 0 Å². The van der Waals surface area contributed by atoms with Crippen molar-refractivity contribution >= 4 is 0 Å². The zero-order valence-electron chi connectivity index (χ0n) is 15.5. The molecular weight excluding hydrogens is 280 g/mol. The van der Waals surface area contributed by atoms with Gasteiger partial charge in [-0.1, -0.05) is 20.8 Å². The highest BCUT2D eigenvalue weighted by atomic mass is 16.6. The number of ether oxygens (including phenoxy) is 1. The predicted octanol–water partition coefficient (Wildman–Crippen LogP) is 5.93. The predicted molar refractivity (Wildman–Crippen MR) is 96.2 cm³/mol. The highest BCUT2D eigenvalue weighted by molar-refractivity contribution is 5.09. The van der Waals surface area contributed by atoms with E-state index in [1.165, 1.54) is 38.5 Å². The highest BCUT2D eigenvalue weighted by Gasteiger charge is 2.59. The van der Waals surface area contributed by atoms with Crippen LogP contribution in [0.2, 0.25) is 0 Å². The molecule has 5 fully saturated rings. The van der Waals surface area contributed by atoms with E-state index in [0.717, 1.165) is 48.0 Å². The second kappa shape index (κ2) is 4.99. The highest BCUT2D eigenvalue weighted by Crippen LogP contribution is 2.66. The van der Waals surface area contributed by atoms with Gasteiger partial charge in [0.2, 0.25) is 0 Å². The maximum atomic E-state index is 5.85. The molecule has 4 aliphatic carbocycles. The monoisotopic (exact) mass is 318 g/mol. The van der Waals surface area contributed by atoms with Crippen LogP contribution in [0.1, 0.15) is 80.0 Å². The van der Waals surface area contributed by atoms with Gasteiger partial charge in [-0.05, 0) is 105 Å². The van der Waals surface area contributed by atoms with Gasteiger partial charge in [-0.25, -0.2) is 0 Å². The molecule has 1 heterocycles. The lowest BCUT2D eigenvalue weighted by Gasteiger charge is -2.56. The van der Waals surface area contributed by atoms with E-state index in [1.54, 1.807) is 19.3 Å². The van der Waals surface area contributed by atoms with Crippen LogP contribution in [0.3, 0.4) is 0 Å². The minimum atomic E-state index is 0. The van der Waals surface area contributed by atoms with E-state index in [4.69, 9.17) is 4.74 Å². The van der Waals surface area contributed by atoms with Gasteiger partial charge < -0.3 is 4.74 Å². The topological polar surface area (TPSA) is 12.5 Å². The van der Waals surface area contributed by atoms with E-state index in [1.807, 2.05) is 0 Å². The van der Waals surface area contributed by atoms with E-state index in [0.29, 0.717) is 11.0 Å². The molecule has 1 saturated heterocycles. The Balaban J connectivity index is 0.00000146. The molecule has 132 valence electrons. The fourth-order valence-corrected chi connectivity index (χ4v) is 8.45. The van der Waals surface area contributed by atoms with E-state index in [-0.39, 0.29) is 1.43 Å². The van der Waals surface area contributed by atoms with Crippen molar-refractivity contribution in [3.05, 3.63) is 0 Å². The molecule has 0 bridgehead atoms. The van der Waals surface area contributed by atoms with Crippen molar-refractivity contribution < 1.29 is 6.16 Å². The Morgan fingerprint density at radius 1 is 0.913 bits per heavy atom. The number of epoxide rings is 1. The summed E-state index contributed by atoms with van der Waals surface area (Å²) < 4.78 is 5.85. The molecule has 8 atom stereocenters. The minimum absolute atomic E-state index is 0. The Morgan fingerprint density at radius 2 is 1.70 bits per heavy atom. The van der Waals surface area contributed by atoms with Crippen LogP contribution in [0, 0.1) is 46.8 Å². The lowest BCUT2D eigenvalue weighted by Crippen LogP contribution is -2.49. The second-order valence-electron chi connectivity index (χ2n) is 10.6. The lowest BCUT2D eigenvalue weighted by atomic mass is 9.49. The fraction of sp³-hybridized carbons (Fsp3) is 1.00. The standard InChI is InChI=1S/C22H36O.H2/c1-14(2)19-6-7-20-18-5-4-15-12-22(13-23-22)11-9-16(15)17(18)8-10-21(19,20)3;/h14-20H,4-13H2,1-3H3;1H/t15-,16-,17?,18+,19+,20-,21+,22?;/m0./s1. The van der Waals surface area contributed by atoms with E-state index >= 15 is 0 Å². The number of hydrogen-bond acceptors (Lipinski definition) is 1. The number of rotatable bonds is 1. The van der Waals surface area contributed by atoms with Gasteiger partial charge in [-0.2, -0.15) is 0 Å². The van der Waals surface area contributed by atoms with Crippen molar-refractivity contribution in [1.29, 1.82) is 0 Å². The summed E-state index contributed by atoms with van der Waals surface area (Å²) in [6.07, 6.45) is 13.5. The maximum Gasteiger partial charge on any atom is 0.0919 e. The molecule has 5 rings (SSSR count). The van der Waals surface area contributed by atoms with Gasteiger partial charge in [-0.3, -0.25) is 0 Å². The molecule has 1 nitrogen and oxygen atoms in total. The smallest absolute Gasteiger partial charge is 0.0919 e. The van der Waals surface area contributed by atoms with Gasteiger partial charge in [0.15, 0.2) is 0 Å². The first-order chi connectivity index (χ1) is 11.0. The summed E-state index contributed by atoms with van der Waals surface area (Å²) in [7, 11) is 0. The average molecular weight is 319 g/mol. The molecule has 2 unspecified atom stereocenters. The second-order valence-corrected chi connectivity index (χ2v) is 10.6. The van der Waals surface area contributed by atoms with Gasteiger partial charge in [0.1, 0.15) is 0 Å². The molecular formula is C22H38O. The molecule has 0 aromatic heterocycles. The molecule has 1 spiro atoms. The molecule has 0 amide bonds. The molecule has 0 N–H and O–H groups in total. The summed E-state index contributed by atoms with van der Waals surface area (Å²) in [5.74, 6) is 7.18. The van der Waals surface area contributed by atoms with Gasteiger partial charge in [0.05, 0.1) is 12.2 Å². The van der Waals surface area contributed by atoms with Crippen molar-refractivity contribution in [3.63, 3.8) is 0 Å². The van der Waals surface area contributed by atoms with Gasteiger partial charge in [-0.15, -0.1) is 0 Å². The van der Waals surface area contributed by atoms with Crippen LogP contribution in [0.15, 0.2) is 0 Å². The normalized spacial score (nSPS) is 57.9. The first-order valence-electron chi connectivity index (χ1n) is 10.7. The zero-order chi connectivity index (χ0) is 15.8. The Hall–Kier alpha value is -0.0400. The summed E-state index contributed by atoms with van der Waals surface area (Å²) in [5.41, 5.74) is 1.06. The van der Waals surface area contributed by atoms with Crippen molar-refractivity contribution in [2.45, 2.75) is 84.2 Å². The SMILES string of the molecule is CC(C)[C@H]1CC[C@H]2[C@@H]3CC[C@H]4CC5(CC[C@@H]4C3CC[C@]12C)CO5.[HH]. The fourth-order valence-electron chi connectivity index (χ4n) is 8.45. The first-order valence-corrected chi connectivity index (χ1v) is 10.7. The molecule has 5 aliphatic rings. The third kappa shape index (κ3) is 2.14. The van der Waals surface area contributed by atoms with E-state index in [2.05, 4.69) is 20.8 Å². The Bertz CT molecular complexity index is 484. The van der Waals surface area contributed by atoms with Crippen LogP contribution in [-0.4, -0.2) is 12.2 Å². The largest absolute Gasteiger partial charge is 0.370 e. The Morgan fingerprint density at radius 3 is 2.43 bits per heavy atom. The van der Waals surface area contributed by atoms with Gasteiger partial charge in [0, 0.05) is 1.43 Å². The van der Waals surface area contributed by atoms with Crippen molar-refractivity contribution in [2.24, 2.45) is 46.8 Å². The van der Waals surface area contributed by atoms with Crippen LogP contribution in [0.4, 0.5) is 0 Å². The summed E-state index contributed by atoms with van der Waals surface area (Å²) in [6, 6.07) is 0. The van der Waals surface area contributed by atoms with Crippen LogP contribution in [0.5, 0.6) is 0 Å². The molecule has 0 aromatic carbocycles. The molecule has 1 aliphatic heterocycles. The van der Waals surface area contributed by atoms with Crippen LogP contribution in [0.25, 0.3) is 0 Å². The maximum absolute atomic E-state index is 5.85. The summed E-state index contributed by atoms with van der Waals surface area (Å²) in [5, 5.41) is 0. The number of fused-ring (bicyclic) bond motifs is 5. The Labute approximate surface area is 144 Å². The van der Waals surface area contributed by atoms with Crippen LogP contribution in [-0.2, 0) is 4.74 Å². The first kappa shape index (κ1) is 15.2. The van der Waals surface area contributed by atoms with E-state index < -0.39 is 0 Å². The molecule has 4 saturated carbocycles. The molecule has 1 heteroatoms. The zero-order valence-corrected chi connectivity index (χ0v) is 15.5. The van der Waals surface area contributed by atoms with Crippen molar-refractivity contribution in [3.8, 4) is 0 Å². The Kier molecular flexibility index (Phi) is 3.31. The van der Waals surface area contributed by atoms with Gasteiger partial charge >= 0.3 is 0 Å². The summed E-state index contributed by atoms with van der Waals surface area (Å²) in [6.45, 7) is 8.74. The third-order valence-electron chi connectivity index (χ3n) is 9.52. The average Bonchev–Trinajstić information content (AvgIpc) is 3.16. The van der Waals surface area contributed by atoms with Gasteiger partial charge in [0.25, 0.3) is 0 Å². The minimum Gasteiger partial charge on any atom is -0.370 e. The molecule has 23 heavy (non-hydrogen) atoms. The summed E-state index contributed by atoms with van der Waals surface area (Å²) in [4.78, 5) is 0. The number of hydrogen-bond donors (Lipinski definition) is 0.